The molecule has 0 fully saturated rings. The van der Waals surface area contributed by atoms with Crippen LogP contribution in [0, 0.1) is 6.92 Å². The predicted molar refractivity (Wildman–Crippen MR) is 179 cm³/mol. The molecule has 5 aromatic carbocycles. The number of ether oxygens (including phenoxy) is 1. The van der Waals surface area contributed by atoms with Crippen LogP contribution in [0.15, 0.2) is 133 Å². The largest absolute Gasteiger partial charge is 0.484 e. The van der Waals surface area contributed by atoms with Crippen LogP contribution < -0.4 is 4.74 Å². The smallest absolute Gasteiger partial charge is 0.164 e. The van der Waals surface area contributed by atoms with Gasteiger partial charge in [-0.2, -0.15) is 0 Å². The fourth-order valence-corrected chi connectivity index (χ4v) is 6.88. The van der Waals surface area contributed by atoms with Crippen LogP contribution in [0.3, 0.4) is 0 Å². The van der Waals surface area contributed by atoms with E-state index in [1.165, 1.54) is 22.2 Å². The Hall–Kier alpha value is -5.81. The summed E-state index contributed by atoms with van der Waals surface area (Å²) in [6, 6.07) is 43.8. The number of benzene rings is 5. The van der Waals surface area contributed by atoms with Crippen molar-refractivity contribution < 1.29 is 4.74 Å². The van der Waals surface area contributed by atoms with Crippen LogP contribution in [-0.4, -0.2) is 19.5 Å². The molecule has 1 aliphatic heterocycles. The summed E-state index contributed by atoms with van der Waals surface area (Å²) in [7, 11) is 0. The normalized spacial score (nSPS) is 16.2. The van der Waals surface area contributed by atoms with E-state index in [0.717, 1.165) is 39.3 Å². The van der Waals surface area contributed by atoms with Gasteiger partial charge in [0.05, 0.1) is 11.2 Å². The van der Waals surface area contributed by atoms with Crippen LogP contribution in [0.25, 0.3) is 56.8 Å². The Bertz CT molecular complexity index is 2200. The summed E-state index contributed by atoms with van der Waals surface area (Å²) in [5.74, 6) is 2.98. The zero-order chi connectivity index (χ0) is 29.9. The Labute approximate surface area is 261 Å². The molecule has 2 atom stereocenters. The fourth-order valence-electron chi connectivity index (χ4n) is 6.88. The van der Waals surface area contributed by atoms with Gasteiger partial charge in [-0.3, -0.25) is 0 Å². The van der Waals surface area contributed by atoms with Crippen molar-refractivity contribution in [2.75, 3.05) is 0 Å². The van der Waals surface area contributed by atoms with Crippen molar-refractivity contribution in [3.05, 3.63) is 156 Å². The zero-order valence-electron chi connectivity index (χ0n) is 24.6. The SMILES string of the molecule is Cc1cc(-c2nc(-c3ccccc3)nc(-c3ccccc3)n2)cc2c1OC1c3c(n(-c4ccccc4)c4ccccc34)C=CC21. The Kier molecular flexibility index (Phi) is 5.78. The molecule has 0 saturated heterocycles. The number of hydrogen-bond acceptors (Lipinski definition) is 4. The van der Waals surface area contributed by atoms with E-state index in [0.29, 0.717) is 17.5 Å². The minimum Gasteiger partial charge on any atom is -0.484 e. The molecule has 0 N–H and O–H groups in total. The van der Waals surface area contributed by atoms with Gasteiger partial charge in [0.1, 0.15) is 11.9 Å². The highest BCUT2D eigenvalue weighted by Gasteiger charge is 2.41. The molecule has 2 unspecified atom stereocenters. The van der Waals surface area contributed by atoms with Crippen LogP contribution in [0.5, 0.6) is 5.75 Å². The topological polar surface area (TPSA) is 52.8 Å². The first-order valence-electron chi connectivity index (χ1n) is 15.3. The second-order valence-electron chi connectivity index (χ2n) is 11.7. The van der Waals surface area contributed by atoms with E-state index in [1.807, 2.05) is 60.7 Å². The summed E-state index contributed by atoms with van der Waals surface area (Å²) in [6.45, 7) is 2.12. The molecule has 0 spiro atoms. The summed E-state index contributed by atoms with van der Waals surface area (Å²) in [5.41, 5.74) is 9.84. The van der Waals surface area contributed by atoms with Crippen molar-refractivity contribution in [3.8, 4) is 45.6 Å². The minimum absolute atomic E-state index is 0.0743. The van der Waals surface area contributed by atoms with Crippen LogP contribution >= 0.6 is 0 Å². The van der Waals surface area contributed by atoms with Gasteiger partial charge < -0.3 is 9.30 Å². The second kappa shape index (κ2) is 10.1. The Morgan fingerprint density at radius 3 is 1.87 bits per heavy atom. The highest BCUT2D eigenvalue weighted by molar-refractivity contribution is 5.92. The molecule has 0 radical (unpaired) electrons. The standard InChI is InChI=1S/C40H28N4O/c1-25-23-28(40-42-38(26-13-5-2-6-14-26)41-39(43-40)27-15-7-3-8-16-27)24-32-30-21-22-34-35(37(30)45-36(25)32)31-19-11-12-20-33(31)44(34)29-17-9-4-10-18-29/h2-24,30,37H,1H3. The number of para-hydroxylation sites is 2. The molecule has 5 nitrogen and oxygen atoms in total. The van der Waals surface area contributed by atoms with Gasteiger partial charge in [-0.05, 0) is 48.9 Å². The van der Waals surface area contributed by atoms with Gasteiger partial charge >= 0.3 is 0 Å². The van der Waals surface area contributed by atoms with Gasteiger partial charge in [-0.15, -0.1) is 0 Å². The van der Waals surface area contributed by atoms with Gasteiger partial charge in [0.25, 0.3) is 0 Å². The molecule has 9 rings (SSSR count). The quantitative estimate of drug-likeness (QED) is 0.208. The molecule has 214 valence electrons. The van der Waals surface area contributed by atoms with Crippen molar-refractivity contribution in [2.45, 2.75) is 18.9 Å². The van der Waals surface area contributed by atoms with E-state index in [2.05, 4.69) is 90.4 Å². The van der Waals surface area contributed by atoms with E-state index < -0.39 is 0 Å². The maximum atomic E-state index is 6.88. The maximum absolute atomic E-state index is 6.88. The van der Waals surface area contributed by atoms with E-state index in [9.17, 15) is 0 Å². The van der Waals surface area contributed by atoms with E-state index in [-0.39, 0.29) is 12.0 Å². The monoisotopic (exact) mass is 580 g/mol. The highest BCUT2D eigenvalue weighted by atomic mass is 16.5. The molecule has 1 aliphatic carbocycles. The minimum atomic E-state index is -0.123. The molecule has 3 heterocycles. The third-order valence-corrected chi connectivity index (χ3v) is 8.90. The molecule has 2 aromatic heterocycles. The van der Waals surface area contributed by atoms with Crippen LogP contribution in [0.1, 0.15) is 34.4 Å². The lowest BCUT2D eigenvalue weighted by atomic mass is 9.84. The first-order chi connectivity index (χ1) is 22.2. The number of nitrogens with zero attached hydrogens (tertiary/aromatic N) is 4. The lowest BCUT2D eigenvalue weighted by Gasteiger charge is -2.22. The molecule has 0 amide bonds. The van der Waals surface area contributed by atoms with Crippen molar-refractivity contribution in [2.24, 2.45) is 0 Å². The number of fused-ring (bicyclic) bond motifs is 7. The summed E-state index contributed by atoms with van der Waals surface area (Å²) in [5, 5.41) is 1.22. The first kappa shape index (κ1) is 25.7. The maximum Gasteiger partial charge on any atom is 0.164 e. The van der Waals surface area contributed by atoms with Gasteiger partial charge in [0, 0.05) is 44.8 Å². The van der Waals surface area contributed by atoms with Crippen LogP contribution in [0.4, 0.5) is 0 Å². The number of hydrogen-bond donors (Lipinski definition) is 0. The highest BCUT2D eigenvalue weighted by Crippen LogP contribution is 2.54. The Balaban J connectivity index is 1.19. The molecule has 5 heteroatoms. The third-order valence-electron chi connectivity index (χ3n) is 8.90. The number of aryl methyl sites for hydroxylation is 1. The van der Waals surface area contributed by atoms with Crippen molar-refractivity contribution in [1.29, 1.82) is 0 Å². The van der Waals surface area contributed by atoms with Gasteiger partial charge in [0.15, 0.2) is 17.5 Å². The fraction of sp³-hybridized carbons (Fsp3) is 0.0750. The third kappa shape index (κ3) is 4.12. The average molecular weight is 581 g/mol. The molecule has 2 aliphatic rings. The van der Waals surface area contributed by atoms with Gasteiger partial charge in [-0.1, -0.05) is 103 Å². The van der Waals surface area contributed by atoms with Crippen molar-refractivity contribution in [1.82, 2.24) is 19.5 Å². The summed E-state index contributed by atoms with van der Waals surface area (Å²) in [6.07, 6.45) is 4.45. The van der Waals surface area contributed by atoms with E-state index in [4.69, 9.17) is 19.7 Å². The molecule has 0 bridgehead atoms. The molecular formula is C40H28N4O. The van der Waals surface area contributed by atoms with E-state index >= 15 is 0 Å². The summed E-state index contributed by atoms with van der Waals surface area (Å²) >= 11 is 0. The molecule has 7 aromatic rings. The van der Waals surface area contributed by atoms with E-state index in [1.54, 1.807) is 0 Å². The first-order valence-corrected chi connectivity index (χ1v) is 15.3. The summed E-state index contributed by atoms with van der Waals surface area (Å²) < 4.78 is 9.23. The second-order valence-corrected chi connectivity index (χ2v) is 11.7. The van der Waals surface area contributed by atoms with Crippen LogP contribution in [0.2, 0.25) is 0 Å². The van der Waals surface area contributed by atoms with Gasteiger partial charge in [0.2, 0.25) is 0 Å². The molecular weight excluding hydrogens is 552 g/mol. The van der Waals surface area contributed by atoms with Crippen molar-refractivity contribution >= 4 is 17.0 Å². The summed E-state index contributed by atoms with van der Waals surface area (Å²) in [4.78, 5) is 14.9. The molecule has 0 saturated carbocycles. The predicted octanol–water partition coefficient (Wildman–Crippen LogP) is 9.37. The lowest BCUT2D eigenvalue weighted by Crippen LogP contribution is -2.13. The average Bonchev–Trinajstić information content (AvgIpc) is 3.65. The molecule has 45 heavy (non-hydrogen) atoms. The Morgan fingerprint density at radius 1 is 0.622 bits per heavy atom. The number of rotatable bonds is 4. The zero-order valence-corrected chi connectivity index (χ0v) is 24.6. The van der Waals surface area contributed by atoms with Crippen LogP contribution in [-0.2, 0) is 0 Å². The lowest BCUT2D eigenvalue weighted by molar-refractivity contribution is 0.223. The Morgan fingerprint density at radius 2 is 1.20 bits per heavy atom. The number of aromatic nitrogens is 4. The van der Waals surface area contributed by atoms with Gasteiger partial charge in [-0.25, -0.2) is 15.0 Å². The van der Waals surface area contributed by atoms with Crippen molar-refractivity contribution in [3.63, 3.8) is 0 Å².